The van der Waals surface area contributed by atoms with E-state index in [0.717, 1.165) is 46.4 Å². The summed E-state index contributed by atoms with van der Waals surface area (Å²) in [5.74, 6) is 6.29. The smallest absolute Gasteiger partial charge is 0.202 e. The zero-order valence-electron chi connectivity index (χ0n) is 16.4. The Morgan fingerprint density at radius 2 is 2.14 bits per heavy atom. The summed E-state index contributed by atoms with van der Waals surface area (Å²) in [5, 5.41) is 3.00. The van der Waals surface area contributed by atoms with Gasteiger partial charge in [-0.15, -0.1) is 11.3 Å². The standard InChI is InChI=1S/C23H27N3OS/c1-2-3-4-11-25-12-9-17(10-13-25)20-16-26(24)21-8-7-18(15-19(20)21)23(27)22-6-5-14-28-22/h5-9,14-16H,2-4,10-13,24H2,1H3. The van der Waals surface area contributed by atoms with Crippen molar-refractivity contribution in [2.75, 3.05) is 25.5 Å². The third-order valence-electron chi connectivity index (χ3n) is 5.56. The minimum atomic E-state index is 0.0762. The number of nitrogen functional groups attached to an aromatic ring is 1. The zero-order valence-corrected chi connectivity index (χ0v) is 17.2. The maximum absolute atomic E-state index is 12.8. The molecule has 3 heterocycles. The molecule has 28 heavy (non-hydrogen) atoms. The van der Waals surface area contributed by atoms with Gasteiger partial charge in [-0.05, 0) is 54.6 Å². The molecule has 0 atom stereocenters. The van der Waals surface area contributed by atoms with Gasteiger partial charge in [-0.25, -0.2) is 0 Å². The monoisotopic (exact) mass is 393 g/mol. The molecule has 1 aliphatic heterocycles. The SMILES string of the molecule is CCCCCN1CC=C(c2cn(N)c3ccc(C(=O)c4cccs4)cc23)CC1. The van der Waals surface area contributed by atoms with Gasteiger partial charge in [0.05, 0.1) is 10.4 Å². The van der Waals surface area contributed by atoms with Crippen molar-refractivity contribution in [2.24, 2.45) is 0 Å². The molecule has 4 nitrogen and oxygen atoms in total. The second-order valence-corrected chi connectivity index (χ2v) is 8.42. The van der Waals surface area contributed by atoms with E-state index in [4.69, 9.17) is 5.84 Å². The highest BCUT2D eigenvalue weighted by Crippen LogP contribution is 2.31. The van der Waals surface area contributed by atoms with Crippen molar-refractivity contribution in [1.82, 2.24) is 9.58 Å². The number of nitrogens with zero attached hydrogens (tertiary/aromatic N) is 2. The van der Waals surface area contributed by atoms with Crippen LogP contribution in [0, 0.1) is 0 Å². The van der Waals surface area contributed by atoms with Gasteiger partial charge in [0, 0.05) is 35.8 Å². The number of rotatable bonds is 7. The van der Waals surface area contributed by atoms with Crippen molar-refractivity contribution in [3.63, 3.8) is 0 Å². The van der Waals surface area contributed by atoms with Crippen LogP contribution in [-0.2, 0) is 0 Å². The molecule has 4 rings (SSSR count). The molecule has 0 unspecified atom stereocenters. The number of carbonyl (C=O) groups excluding carboxylic acids is 1. The Labute approximate surface area is 170 Å². The molecule has 0 spiro atoms. The Hall–Kier alpha value is -2.37. The molecule has 0 radical (unpaired) electrons. The predicted octanol–water partition coefficient (Wildman–Crippen LogP) is 4.93. The summed E-state index contributed by atoms with van der Waals surface area (Å²) < 4.78 is 1.68. The minimum absolute atomic E-state index is 0.0762. The summed E-state index contributed by atoms with van der Waals surface area (Å²) in [6.07, 6.45) is 9.19. The quantitative estimate of drug-likeness (QED) is 0.352. The fourth-order valence-electron chi connectivity index (χ4n) is 3.95. The van der Waals surface area contributed by atoms with Gasteiger partial charge in [0.1, 0.15) is 0 Å². The first-order valence-corrected chi connectivity index (χ1v) is 11.0. The van der Waals surface area contributed by atoms with E-state index in [1.165, 1.54) is 42.7 Å². The van der Waals surface area contributed by atoms with Gasteiger partial charge in [0.2, 0.25) is 5.78 Å². The van der Waals surface area contributed by atoms with Gasteiger partial charge in [-0.2, -0.15) is 0 Å². The summed E-state index contributed by atoms with van der Waals surface area (Å²) in [4.78, 5) is 16.1. The number of ketones is 1. The van der Waals surface area contributed by atoms with E-state index in [1.54, 1.807) is 4.68 Å². The van der Waals surface area contributed by atoms with Crippen LogP contribution in [0.2, 0.25) is 0 Å². The predicted molar refractivity (Wildman–Crippen MR) is 118 cm³/mol. The highest BCUT2D eigenvalue weighted by Gasteiger charge is 2.18. The second-order valence-electron chi connectivity index (χ2n) is 7.48. The number of hydrogen-bond donors (Lipinski definition) is 1. The second kappa shape index (κ2) is 8.33. The largest absolute Gasteiger partial charge is 0.339 e. The van der Waals surface area contributed by atoms with Crippen molar-refractivity contribution in [2.45, 2.75) is 32.6 Å². The van der Waals surface area contributed by atoms with Crippen LogP contribution in [0.15, 0.2) is 48.0 Å². The lowest BCUT2D eigenvalue weighted by molar-refractivity contribution is 0.104. The van der Waals surface area contributed by atoms with Crippen molar-refractivity contribution in [3.8, 4) is 0 Å². The lowest BCUT2D eigenvalue weighted by atomic mass is 9.97. The fraction of sp³-hybridized carbons (Fsp3) is 0.348. The van der Waals surface area contributed by atoms with Crippen LogP contribution in [0.3, 0.4) is 0 Å². The number of hydrogen-bond acceptors (Lipinski definition) is 4. The minimum Gasteiger partial charge on any atom is -0.339 e. The van der Waals surface area contributed by atoms with Crippen LogP contribution in [0.25, 0.3) is 16.5 Å². The van der Waals surface area contributed by atoms with Crippen LogP contribution in [-0.4, -0.2) is 35.0 Å². The highest BCUT2D eigenvalue weighted by molar-refractivity contribution is 7.12. The van der Waals surface area contributed by atoms with Gasteiger partial charge < -0.3 is 5.84 Å². The average molecular weight is 394 g/mol. The average Bonchev–Trinajstić information content (AvgIpc) is 3.37. The molecule has 0 saturated heterocycles. The van der Waals surface area contributed by atoms with E-state index in [1.807, 2.05) is 41.9 Å². The van der Waals surface area contributed by atoms with Crippen molar-refractivity contribution < 1.29 is 4.79 Å². The molecule has 0 amide bonds. The van der Waals surface area contributed by atoms with Gasteiger partial charge in [0.25, 0.3) is 0 Å². The number of nitrogens with two attached hydrogens (primary N) is 1. The van der Waals surface area contributed by atoms with Crippen LogP contribution in [0.4, 0.5) is 0 Å². The molecule has 2 aromatic heterocycles. The maximum Gasteiger partial charge on any atom is 0.202 e. The number of benzene rings is 1. The number of unbranched alkanes of at least 4 members (excludes halogenated alkanes) is 2. The summed E-state index contributed by atoms with van der Waals surface area (Å²) in [6, 6.07) is 9.63. The van der Waals surface area contributed by atoms with Crippen molar-refractivity contribution in [1.29, 1.82) is 0 Å². The maximum atomic E-state index is 12.8. The van der Waals surface area contributed by atoms with E-state index in [9.17, 15) is 4.79 Å². The van der Waals surface area contributed by atoms with Gasteiger partial charge in [0.15, 0.2) is 0 Å². The van der Waals surface area contributed by atoms with E-state index in [0.29, 0.717) is 0 Å². The number of thiophene rings is 1. The Kier molecular flexibility index (Phi) is 5.64. The zero-order chi connectivity index (χ0) is 19.5. The van der Waals surface area contributed by atoms with Gasteiger partial charge in [-0.3, -0.25) is 14.4 Å². The molecule has 1 aromatic carbocycles. The normalized spacial score (nSPS) is 15.1. The molecule has 5 heteroatoms. The van der Waals surface area contributed by atoms with E-state index in [2.05, 4.69) is 17.9 Å². The lowest BCUT2D eigenvalue weighted by Crippen LogP contribution is -2.29. The van der Waals surface area contributed by atoms with E-state index in [-0.39, 0.29) is 5.78 Å². The molecular formula is C23H27N3OS. The molecule has 0 saturated carbocycles. The van der Waals surface area contributed by atoms with E-state index < -0.39 is 0 Å². The topological polar surface area (TPSA) is 51.3 Å². The lowest BCUT2D eigenvalue weighted by Gasteiger charge is -2.26. The molecule has 2 N–H and O–H groups in total. The van der Waals surface area contributed by atoms with Crippen LogP contribution < -0.4 is 5.84 Å². The van der Waals surface area contributed by atoms with Crippen molar-refractivity contribution >= 4 is 33.6 Å². The molecule has 146 valence electrons. The van der Waals surface area contributed by atoms with Crippen molar-refractivity contribution in [3.05, 3.63) is 64.0 Å². The molecular weight excluding hydrogens is 366 g/mol. The van der Waals surface area contributed by atoms with E-state index >= 15 is 0 Å². The van der Waals surface area contributed by atoms with Crippen LogP contribution >= 0.6 is 11.3 Å². The molecule has 0 aliphatic carbocycles. The number of carbonyl (C=O) groups is 1. The molecule has 3 aromatic rings. The first kappa shape index (κ1) is 19.0. The Morgan fingerprint density at radius 1 is 1.25 bits per heavy atom. The first-order valence-electron chi connectivity index (χ1n) is 10.1. The summed E-state index contributed by atoms with van der Waals surface area (Å²) >= 11 is 1.48. The Morgan fingerprint density at radius 3 is 2.86 bits per heavy atom. The van der Waals surface area contributed by atoms with Crippen LogP contribution in [0.1, 0.15) is 53.4 Å². The third-order valence-corrected chi connectivity index (χ3v) is 6.43. The first-order chi connectivity index (χ1) is 13.7. The molecule has 1 aliphatic rings. The Bertz CT molecular complexity index is 1000. The number of aromatic nitrogens is 1. The Balaban J connectivity index is 1.61. The molecule has 0 fully saturated rings. The summed E-state index contributed by atoms with van der Waals surface area (Å²) in [6.45, 7) is 5.49. The summed E-state index contributed by atoms with van der Waals surface area (Å²) in [5.41, 5.74) is 4.18. The third kappa shape index (κ3) is 3.77. The molecule has 0 bridgehead atoms. The summed E-state index contributed by atoms with van der Waals surface area (Å²) in [7, 11) is 0. The van der Waals surface area contributed by atoms with Gasteiger partial charge in [-0.1, -0.05) is 31.9 Å². The highest BCUT2D eigenvalue weighted by atomic mass is 32.1. The number of fused-ring (bicyclic) bond motifs is 1. The van der Waals surface area contributed by atoms with Crippen LogP contribution in [0.5, 0.6) is 0 Å². The fourth-order valence-corrected chi connectivity index (χ4v) is 4.63. The van der Waals surface area contributed by atoms with Gasteiger partial charge >= 0.3 is 0 Å².